The second-order valence-electron chi connectivity index (χ2n) is 5.60. The van der Waals surface area contributed by atoms with Gasteiger partial charge in [0.1, 0.15) is 17.1 Å². The van der Waals surface area contributed by atoms with Gasteiger partial charge in [0.15, 0.2) is 0 Å². The molecular formula is C16H19N3O4. The minimum absolute atomic E-state index is 0.0771. The van der Waals surface area contributed by atoms with Crippen molar-refractivity contribution < 1.29 is 18.7 Å². The van der Waals surface area contributed by atoms with Crippen LogP contribution >= 0.6 is 0 Å². The van der Waals surface area contributed by atoms with Crippen molar-refractivity contribution >= 4 is 11.9 Å². The molecule has 0 saturated heterocycles. The molecule has 2 aromatic rings. The molecule has 23 heavy (non-hydrogen) atoms. The minimum atomic E-state index is -0.447. The van der Waals surface area contributed by atoms with E-state index < -0.39 is 5.97 Å². The van der Waals surface area contributed by atoms with Crippen LogP contribution in [-0.2, 0) is 22.5 Å². The number of imidazole rings is 1. The van der Waals surface area contributed by atoms with Crippen molar-refractivity contribution in [2.75, 3.05) is 7.11 Å². The quantitative estimate of drug-likeness (QED) is 0.839. The first-order valence-electron chi connectivity index (χ1n) is 7.57. The number of aromatic nitrogens is 2. The van der Waals surface area contributed by atoms with E-state index in [0.717, 1.165) is 30.7 Å². The van der Waals surface area contributed by atoms with E-state index in [9.17, 15) is 9.59 Å². The number of aryl methyl sites for hydroxylation is 2. The number of nitrogens with one attached hydrogen (secondary N) is 2. The summed E-state index contributed by atoms with van der Waals surface area (Å²) >= 11 is 0. The van der Waals surface area contributed by atoms with Gasteiger partial charge in [-0.25, -0.2) is 9.78 Å². The van der Waals surface area contributed by atoms with E-state index in [1.54, 1.807) is 19.3 Å². The topological polar surface area (TPSA) is 97.2 Å². The molecule has 0 radical (unpaired) electrons. The van der Waals surface area contributed by atoms with Crippen LogP contribution in [0.3, 0.4) is 0 Å². The van der Waals surface area contributed by atoms with Gasteiger partial charge in [-0.3, -0.25) is 4.79 Å². The predicted octanol–water partition coefficient (Wildman–Crippen LogP) is 1.83. The Hall–Kier alpha value is -2.57. The summed E-state index contributed by atoms with van der Waals surface area (Å²) in [6.45, 7) is 1.92. The third kappa shape index (κ3) is 2.99. The highest BCUT2D eigenvalue weighted by Gasteiger charge is 2.28. The number of amides is 1. The number of furan rings is 1. The summed E-state index contributed by atoms with van der Waals surface area (Å²) in [6.07, 6.45) is 4.31. The van der Waals surface area contributed by atoms with E-state index in [0.29, 0.717) is 17.1 Å². The van der Waals surface area contributed by atoms with Crippen LogP contribution in [0.1, 0.15) is 52.0 Å². The number of hydrogen-bond donors (Lipinski definition) is 2. The van der Waals surface area contributed by atoms with Gasteiger partial charge in [0, 0.05) is 5.69 Å². The summed E-state index contributed by atoms with van der Waals surface area (Å²) in [5.41, 5.74) is 2.25. The van der Waals surface area contributed by atoms with Crippen molar-refractivity contribution in [3.05, 3.63) is 40.9 Å². The summed E-state index contributed by atoms with van der Waals surface area (Å²) < 4.78 is 10.2. The molecule has 0 spiro atoms. The number of H-pyrrole nitrogens is 1. The molecule has 0 saturated carbocycles. The molecule has 2 heterocycles. The molecule has 7 nitrogen and oxygen atoms in total. The first kappa shape index (κ1) is 15.3. The number of rotatable bonds is 4. The van der Waals surface area contributed by atoms with E-state index in [1.165, 1.54) is 7.11 Å². The smallest absolute Gasteiger partial charge is 0.341 e. The highest BCUT2D eigenvalue weighted by atomic mass is 16.5. The number of esters is 1. The summed E-state index contributed by atoms with van der Waals surface area (Å²) in [4.78, 5) is 31.3. The Morgan fingerprint density at radius 1 is 1.52 bits per heavy atom. The lowest BCUT2D eigenvalue weighted by atomic mass is 9.89. The Labute approximate surface area is 133 Å². The fourth-order valence-electron chi connectivity index (χ4n) is 2.95. The van der Waals surface area contributed by atoms with Crippen molar-refractivity contribution in [1.82, 2.24) is 15.3 Å². The molecular weight excluding hydrogens is 298 g/mol. The zero-order chi connectivity index (χ0) is 16.4. The van der Waals surface area contributed by atoms with Gasteiger partial charge in [0.25, 0.3) is 0 Å². The highest BCUT2D eigenvalue weighted by Crippen LogP contribution is 2.29. The first-order valence-corrected chi connectivity index (χ1v) is 7.57. The normalized spacial score (nSPS) is 16.7. The van der Waals surface area contributed by atoms with Gasteiger partial charge in [-0.05, 0) is 32.3 Å². The molecule has 0 aliphatic heterocycles. The van der Waals surface area contributed by atoms with Gasteiger partial charge >= 0.3 is 5.97 Å². The number of nitrogens with zero attached hydrogens (tertiary/aromatic N) is 1. The molecule has 1 unspecified atom stereocenters. The number of carbonyl (C=O) groups is 2. The maximum absolute atomic E-state index is 12.4. The zero-order valence-corrected chi connectivity index (χ0v) is 13.1. The maximum Gasteiger partial charge on any atom is 0.341 e. The summed E-state index contributed by atoms with van der Waals surface area (Å²) in [5, 5.41) is 2.86. The molecule has 0 aromatic carbocycles. The average molecular weight is 317 g/mol. The minimum Gasteiger partial charge on any atom is -0.465 e. The van der Waals surface area contributed by atoms with Gasteiger partial charge in [-0.2, -0.15) is 0 Å². The molecule has 7 heteroatoms. The Bertz CT molecular complexity index is 732. The van der Waals surface area contributed by atoms with Crippen LogP contribution < -0.4 is 5.32 Å². The molecule has 1 aliphatic carbocycles. The van der Waals surface area contributed by atoms with Crippen LogP contribution in [0.2, 0.25) is 0 Å². The summed E-state index contributed by atoms with van der Waals surface area (Å²) in [7, 11) is 1.32. The second kappa shape index (κ2) is 6.28. The van der Waals surface area contributed by atoms with Gasteiger partial charge in [-0.15, -0.1) is 0 Å². The Morgan fingerprint density at radius 3 is 3.13 bits per heavy atom. The molecule has 2 N–H and O–H groups in total. The number of ether oxygens (including phenoxy) is 1. The SMILES string of the molecule is COC(=O)c1cc(CNC(=O)C2CCCc3[nH]cnc32)oc1C. The number of fused-ring (bicyclic) bond motifs is 1. The lowest BCUT2D eigenvalue weighted by Crippen LogP contribution is -2.31. The van der Waals surface area contributed by atoms with Gasteiger partial charge in [0.2, 0.25) is 5.91 Å². The Kier molecular flexibility index (Phi) is 4.18. The van der Waals surface area contributed by atoms with Crippen molar-refractivity contribution in [2.45, 2.75) is 38.6 Å². The molecule has 1 atom stereocenters. The number of methoxy groups -OCH3 is 1. The van der Waals surface area contributed by atoms with Crippen molar-refractivity contribution in [1.29, 1.82) is 0 Å². The van der Waals surface area contributed by atoms with Gasteiger partial charge < -0.3 is 19.5 Å². The largest absolute Gasteiger partial charge is 0.465 e. The average Bonchev–Trinajstić information content (AvgIpc) is 3.17. The molecule has 0 fully saturated rings. The third-order valence-electron chi connectivity index (χ3n) is 4.13. The molecule has 2 aromatic heterocycles. The maximum atomic E-state index is 12.4. The summed E-state index contributed by atoms with van der Waals surface area (Å²) in [6, 6.07) is 1.60. The van der Waals surface area contributed by atoms with E-state index in [4.69, 9.17) is 4.42 Å². The lowest BCUT2D eigenvalue weighted by Gasteiger charge is -2.20. The van der Waals surface area contributed by atoms with Crippen molar-refractivity contribution in [3.63, 3.8) is 0 Å². The molecule has 122 valence electrons. The van der Waals surface area contributed by atoms with Crippen LogP contribution in [0.25, 0.3) is 0 Å². The molecule has 1 aliphatic rings. The van der Waals surface area contributed by atoms with Crippen molar-refractivity contribution in [3.8, 4) is 0 Å². The van der Waals surface area contributed by atoms with Gasteiger partial charge in [-0.1, -0.05) is 0 Å². The lowest BCUT2D eigenvalue weighted by molar-refractivity contribution is -0.123. The van der Waals surface area contributed by atoms with Gasteiger partial charge in [0.05, 0.1) is 31.6 Å². The molecule has 0 bridgehead atoms. The van der Waals surface area contributed by atoms with E-state index in [-0.39, 0.29) is 18.4 Å². The van der Waals surface area contributed by atoms with Crippen LogP contribution in [0.5, 0.6) is 0 Å². The van der Waals surface area contributed by atoms with E-state index >= 15 is 0 Å². The Balaban J connectivity index is 1.65. The van der Waals surface area contributed by atoms with E-state index in [2.05, 4.69) is 20.0 Å². The predicted molar refractivity (Wildman–Crippen MR) is 80.9 cm³/mol. The monoisotopic (exact) mass is 317 g/mol. The summed E-state index contributed by atoms with van der Waals surface area (Å²) in [5.74, 6) is 0.243. The highest BCUT2D eigenvalue weighted by molar-refractivity contribution is 5.90. The zero-order valence-electron chi connectivity index (χ0n) is 13.1. The first-order chi connectivity index (χ1) is 11.1. The Morgan fingerprint density at radius 2 is 2.35 bits per heavy atom. The molecule has 1 amide bonds. The van der Waals surface area contributed by atoms with Crippen LogP contribution in [-0.4, -0.2) is 29.0 Å². The van der Waals surface area contributed by atoms with E-state index in [1.807, 2.05) is 0 Å². The second-order valence-corrected chi connectivity index (χ2v) is 5.60. The standard InChI is InChI=1S/C16H19N3O4/c1-9-12(16(21)22-2)6-10(23-9)7-17-15(20)11-4-3-5-13-14(11)19-8-18-13/h6,8,11H,3-5,7H2,1-2H3,(H,17,20)(H,18,19). The molecule has 3 rings (SSSR count). The fraction of sp³-hybridized carbons (Fsp3) is 0.438. The third-order valence-corrected chi connectivity index (χ3v) is 4.13. The van der Waals surface area contributed by atoms with Crippen LogP contribution in [0, 0.1) is 6.92 Å². The van der Waals surface area contributed by atoms with Crippen LogP contribution in [0.15, 0.2) is 16.8 Å². The fourth-order valence-corrected chi connectivity index (χ4v) is 2.95. The van der Waals surface area contributed by atoms with Crippen molar-refractivity contribution in [2.24, 2.45) is 0 Å². The number of aromatic amines is 1. The number of hydrogen-bond acceptors (Lipinski definition) is 5. The number of carbonyl (C=O) groups excluding carboxylic acids is 2. The van der Waals surface area contributed by atoms with Crippen LogP contribution in [0.4, 0.5) is 0 Å².